The van der Waals surface area contributed by atoms with Crippen LogP contribution in [0, 0.1) is 0 Å². The van der Waals surface area contributed by atoms with Gasteiger partial charge in [0.15, 0.2) is 0 Å². The fourth-order valence-electron chi connectivity index (χ4n) is 1.29. The number of unbranched alkanes of at least 4 members (excludes halogenated alkanes) is 1. The van der Waals surface area contributed by atoms with E-state index in [0.717, 1.165) is 0 Å². The van der Waals surface area contributed by atoms with E-state index in [0.29, 0.717) is 0 Å². The maximum absolute atomic E-state index is 2.47. The lowest BCUT2D eigenvalue weighted by Crippen LogP contribution is -3.12. The van der Waals surface area contributed by atoms with Crippen LogP contribution in [-0.4, -0.2) is 24.1 Å². The zero-order valence-corrected chi connectivity index (χ0v) is 9.99. The summed E-state index contributed by atoms with van der Waals surface area (Å²) in [6.45, 7) is 8.65. The van der Waals surface area contributed by atoms with E-state index in [4.69, 9.17) is 0 Å². The van der Waals surface area contributed by atoms with Gasteiger partial charge in [-0.05, 0) is 12.8 Å². The molecule has 0 aliphatic heterocycles. The molecule has 0 radical (unpaired) electrons. The summed E-state index contributed by atoms with van der Waals surface area (Å²) >= 11 is 2.47. The highest BCUT2D eigenvalue weighted by atomic mass is 127. The minimum atomic E-state index is 1.30. The van der Waals surface area contributed by atoms with E-state index >= 15 is 0 Å². The Balaban J connectivity index is 3.34. The Labute approximate surface area is 84.7 Å². The van der Waals surface area contributed by atoms with Gasteiger partial charge < -0.3 is 4.90 Å². The number of nitrogens with one attached hydrogen (secondary N) is 1. The van der Waals surface area contributed by atoms with E-state index < -0.39 is 0 Å². The van der Waals surface area contributed by atoms with Crippen LogP contribution in [0.5, 0.6) is 0 Å². The Bertz CT molecular complexity index is 70.0. The molecule has 2 heteroatoms. The van der Waals surface area contributed by atoms with Crippen LogP contribution in [0.2, 0.25) is 0 Å². The maximum atomic E-state index is 2.47. The second-order valence-corrected chi connectivity index (χ2v) is 4.12. The molecular weight excluding hydrogens is 249 g/mol. The lowest BCUT2D eigenvalue weighted by atomic mass is 10.3. The molecule has 0 aromatic carbocycles. The molecule has 1 atom stereocenters. The van der Waals surface area contributed by atoms with Gasteiger partial charge in [-0.15, -0.1) is 0 Å². The van der Waals surface area contributed by atoms with Crippen molar-refractivity contribution in [1.29, 1.82) is 0 Å². The molecule has 1 N–H and O–H groups in total. The monoisotopic (exact) mass is 270 g/mol. The standard InChI is InChI=1S/C9H20IN/c1-3-5-8-11(7-4-2)9-6-10/h3-9H2,1-2H3/p+1. The summed E-state index contributed by atoms with van der Waals surface area (Å²) in [4.78, 5) is 1.80. The molecule has 11 heavy (non-hydrogen) atoms. The van der Waals surface area contributed by atoms with Gasteiger partial charge in [0.1, 0.15) is 0 Å². The van der Waals surface area contributed by atoms with Crippen molar-refractivity contribution in [1.82, 2.24) is 0 Å². The second-order valence-electron chi connectivity index (χ2n) is 3.04. The van der Waals surface area contributed by atoms with E-state index in [2.05, 4.69) is 36.4 Å². The number of rotatable bonds is 7. The van der Waals surface area contributed by atoms with E-state index in [-0.39, 0.29) is 0 Å². The van der Waals surface area contributed by atoms with Gasteiger partial charge in [-0.25, -0.2) is 0 Å². The van der Waals surface area contributed by atoms with Crippen molar-refractivity contribution in [3.05, 3.63) is 0 Å². The second kappa shape index (κ2) is 8.78. The fourth-order valence-corrected chi connectivity index (χ4v) is 2.05. The SMILES string of the molecule is CCCC[NH+](CCC)CCI. The largest absolute Gasteiger partial charge is 0.334 e. The molecular formula is C9H21IN+. The molecule has 1 unspecified atom stereocenters. The summed E-state index contributed by atoms with van der Waals surface area (Å²) in [5.41, 5.74) is 0. The average Bonchev–Trinajstić information content (AvgIpc) is 2.01. The molecule has 0 spiro atoms. The van der Waals surface area contributed by atoms with Crippen LogP contribution in [-0.2, 0) is 0 Å². The van der Waals surface area contributed by atoms with Crippen molar-refractivity contribution in [2.24, 2.45) is 0 Å². The van der Waals surface area contributed by atoms with Gasteiger partial charge in [0.25, 0.3) is 0 Å². The van der Waals surface area contributed by atoms with Crippen molar-refractivity contribution in [2.75, 3.05) is 24.1 Å². The lowest BCUT2D eigenvalue weighted by Gasteiger charge is -2.16. The molecule has 1 nitrogen and oxygen atoms in total. The molecule has 68 valence electrons. The van der Waals surface area contributed by atoms with Gasteiger partial charge in [-0.1, -0.05) is 42.9 Å². The van der Waals surface area contributed by atoms with Crippen LogP contribution in [0.4, 0.5) is 0 Å². The average molecular weight is 270 g/mol. The van der Waals surface area contributed by atoms with Crippen LogP contribution in [0.25, 0.3) is 0 Å². The van der Waals surface area contributed by atoms with Crippen molar-refractivity contribution in [2.45, 2.75) is 33.1 Å². The van der Waals surface area contributed by atoms with Crippen LogP contribution in [0.3, 0.4) is 0 Å². The molecule has 0 saturated heterocycles. The van der Waals surface area contributed by atoms with Gasteiger partial charge in [-0.3, -0.25) is 0 Å². The summed E-state index contributed by atoms with van der Waals surface area (Å²) < 4.78 is 1.30. The Morgan fingerprint density at radius 2 is 1.73 bits per heavy atom. The van der Waals surface area contributed by atoms with Crippen molar-refractivity contribution in [3.63, 3.8) is 0 Å². The van der Waals surface area contributed by atoms with Crippen molar-refractivity contribution >= 4 is 22.6 Å². The number of halogens is 1. The molecule has 0 aliphatic carbocycles. The predicted octanol–water partition coefficient (Wildman–Crippen LogP) is 1.52. The minimum absolute atomic E-state index is 1.30. The van der Waals surface area contributed by atoms with Gasteiger partial charge in [0, 0.05) is 4.43 Å². The highest BCUT2D eigenvalue weighted by Crippen LogP contribution is 1.81. The molecule has 0 rings (SSSR count). The Hall–Kier alpha value is 0.690. The van der Waals surface area contributed by atoms with Crippen LogP contribution in [0.15, 0.2) is 0 Å². The van der Waals surface area contributed by atoms with Crippen molar-refractivity contribution < 1.29 is 4.90 Å². The van der Waals surface area contributed by atoms with Crippen molar-refractivity contribution in [3.8, 4) is 0 Å². The summed E-state index contributed by atoms with van der Waals surface area (Å²) in [7, 11) is 0. The fraction of sp³-hybridized carbons (Fsp3) is 1.00. The zero-order valence-electron chi connectivity index (χ0n) is 7.83. The topological polar surface area (TPSA) is 4.44 Å². The third-order valence-corrected chi connectivity index (χ3v) is 2.47. The van der Waals surface area contributed by atoms with E-state index in [1.54, 1.807) is 4.90 Å². The van der Waals surface area contributed by atoms with Crippen LogP contribution < -0.4 is 4.90 Å². The number of hydrogen-bond donors (Lipinski definition) is 1. The van der Waals surface area contributed by atoms with E-state index in [9.17, 15) is 0 Å². The van der Waals surface area contributed by atoms with E-state index in [1.807, 2.05) is 0 Å². The normalized spacial score (nSPS) is 13.4. The Morgan fingerprint density at radius 1 is 1.00 bits per heavy atom. The molecule has 0 aliphatic rings. The Morgan fingerprint density at radius 3 is 2.18 bits per heavy atom. The van der Waals surface area contributed by atoms with Gasteiger partial charge in [0.05, 0.1) is 19.6 Å². The summed E-state index contributed by atoms with van der Waals surface area (Å²) in [6, 6.07) is 0. The molecule has 0 aromatic heterocycles. The van der Waals surface area contributed by atoms with Gasteiger partial charge >= 0.3 is 0 Å². The first-order chi connectivity index (χ1) is 5.35. The minimum Gasteiger partial charge on any atom is -0.334 e. The number of hydrogen-bond acceptors (Lipinski definition) is 0. The summed E-state index contributed by atoms with van der Waals surface area (Å²) in [5.74, 6) is 0. The van der Waals surface area contributed by atoms with Crippen LogP contribution >= 0.6 is 22.6 Å². The third kappa shape index (κ3) is 7.06. The quantitative estimate of drug-likeness (QED) is 0.528. The number of quaternary nitrogens is 1. The predicted molar refractivity (Wildman–Crippen MR) is 59.6 cm³/mol. The highest BCUT2D eigenvalue weighted by molar-refractivity contribution is 14.1. The van der Waals surface area contributed by atoms with Gasteiger partial charge in [-0.2, -0.15) is 0 Å². The smallest absolute Gasteiger partial charge is 0.0861 e. The first kappa shape index (κ1) is 11.7. The first-order valence-electron chi connectivity index (χ1n) is 4.74. The first-order valence-corrected chi connectivity index (χ1v) is 6.27. The maximum Gasteiger partial charge on any atom is 0.0861 e. The molecule has 0 heterocycles. The third-order valence-electron chi connectivity index (χ3n) is 1.94. The lowest BCUT2D eigenvalue weighted by molar-refractivity contribution is -0.897. The molecule has 0 saturated carbocycles. The number of alkyl halides is 1. The van der Waals surface area contributed by atoms with E-state index in [1.165, 1.54) is 43.3 Å². The molecule has 0 aromatic rings. The molecule has 0 bridgehead atoms. The van der Waals surface area contributed by atoms with Gasteiger partial charge in [0.2, 0.25) is 0 Å². The Kier molecular flexibility index (Phi) is 9.33. The zero-order chi connectivity index (χ0) is 8.53. The van der Waals surface area contributed by atoms with Crippen LogP contribution in [0.1, 0.15) is 33.1 Å². The highest BCUT2D eigenvalue weighted by Gasteiger charge is 2.03. The summed E-state index contributed by atoms with van der Waals surface area (Å²) in [6.07, 6.45) is 4.07. The molecule has 0 amide bonds. The summed E-state index contributed by atoms with van der Waals surface area (Å²) in [5, 5.41) is 0. The molecule has 0 fully saturated rings.